The van der Waals surface area contributed by atoms with Crippen LogP contribution in [0.15, 0.2) is 0 Å². The quantitative estimate of drug-likeness (QED) is 0.250. The third-order valence-corrected chi connectivity index (χ3v) is 3.06. The van der Waals surface area contributed by atoms with Crippen molar-refractivity contribution in [3.05, 3.63) is 38.7 Å². The minimum absolute atomic E-state index is 0.334. The van der Waals surface area contributed by atoms with E-state index in [-0.39, 0.29) is 13.2 Å². The lowest BCUT2D eigenvalue weighted by Crippen LogP contribution is -2.29. The predicted molar refractivity (Wildman–Crippen MR) is 75.9 cm³/mol. The molecule has 0 aliphatic carbocycles. The van der Waals surface area contributed by atoms with Gasteiger partial charge in [-0.1, -0.05) is 0 Å². The number of esters is 2. The first kappa shape index (κ1) is 20.9. The number of hydrogen-bond donors (Lipinski definition) is 1. The Labute approximate surface area is 143 Å². The molecule has 0 atom stereocenters. The number of carbonyl (C=O) groups is 3. The van der Waals surface area contributed by atoms with E-state index >= 15 is 0 Å². The van der Waals surface area contributed by atoms with Crippen molar-refractivity contribution in [3.8, 4) is 0 Å². The number of nitro groups is 1. The number of carboxylic acid groups (broad SMARTS) is 1. The monoisotopic (exact) mass is 379 g/mol. The fourth-order valence-corrected chi connectivity index (χ4v) is 2.07. The van der Waals surface area contributed by atoms with Gasteiger partial charge in [0.1, 0.15) is 0 Å². The van der Waals surface area contributed by atoms with Crippen LogP contribution in [0.4, 0.5) is 18.9 Å². The lowest BCUT2D eigenvalue weighted by atomic mass is 9.94. The van der Waals surface area contributed by atoms with E-state index in [1.165, 1.54) is 13.8 Å². The van der Waals surface area contributed by atoms with Gasteiger partial charge in [-0.25, -0.2) is 13.6 Å². The van der Waals surface area contributed by atoms with E-state index < -0.39 is 63.0 Å². The molecule has 1 aromatic carbocycles. The maximum Gasteiger partial charge on any atom is 0.345 e. The minimum atomic E-state index is -2.51. The molecule has 0 radical (unpaired) electrons. The first-order chi connectivity index (χ1) is 12.1. The van der Waals surface area contributed by atoms with E-state index in [2.05, 4.69) is 9.47 Å². The van der Waals surface area contributed by atoms with E-state index in [1.807, 2.05) is 0 Å². The molecule has 0 saturated carbocycles. The maximum atomic E-state index is 14.5. The number of halogens is 3. The zero-order valence-corrected chi connectivity index (χ0v) is 13.4. The Hall–Kier alpha value is -3.18. The summed E-state index contributed by atoms with van der Waals surface area (Å²) in [5.41, 5.74) is -5.48. The summed E-state index contributed by atoms with van der Waals surface area (Å²) in [6.07, 6.45) is 0. The van der Waals surface area contributed by atoms with Crippen LogP contribution in [0.25, 0.3) is 0 Å². The number of hydrogen-bond acceptors (Lipinski definition) is 7. The maximum absolute atomic E-state index is 14.5. The highest BCUT2D eigenvalue weighted by Gasteiger charge is 2.44. The third-order valence-electron chi connectivity index (χ3n) is 3.06. The van der Waals surface area contributed by atoms with Crippen LogP contribution in [0.2, 0.25) is 0 Å². The summed E-state index contributed by atoms with van der Waals surface area (Å²) in [6, 6.07) is 0. The van der Waals surface area contributed by atoms with Gasteiger partial charge in [-0.3, -0.25) is 19.7 Å². The number of aromatic carboxylic acids is 1. The first-order valence-corrected chi connectivity index (χ1v) is 7.01. The van der Waals surface area contributed by atoms with Crippen LogP contribution in [0, 0.1) is 27.6 Å². The second-order valence-electron chi connectivity index (χ2n) is 4.58. The van der Waals surface area contributed by atoms with Crippen molar-refractivity contribution in [3.63, 3.8) is 0 Å². The highest BCUT2D eigenvalue weighted by Crippen LogP contribution is 2.35. The van der Waals surface area contributed by atoms with Crippen molar-refractivity contribution in [2.75, 3.05) is 13.2 Å². The van der Waals surface area contributed by atoms with E-state index in [9.17, 15) is 37.7 Å². The molecule has 0 unspecified atom stereocenters. The van der Waals surface area contributed by atoms with Gasteiger partial charge in [0.15, 0.2) is 23.1 Å². The highest BCUT2D eigenvalue weighted by atomic mass is 19.2. The van der Waals surface area contributed by atoms with Gasteiger partial charge < -0.3 is 14.6 Å². The van der Waals surface area contributed by atoms with Gasteiger partial charge >= 0.3 is 23.6 Å². The first-order valence-electron chi connectivity index (χ1n) is 7.01. The molecule has 1 rings (SSSR count). The fraction of sp³-hybridized carbons (Fsp3) is 0.357. The van der Waals surface area contributed by atoms with E-state index in [4.69, 9.17) is 5.11 Å². The van der Waals surface area contributed by atoms with Gasteiger partial charge in [0.2, 0.25) is 5.82 Å². The minimum Gasteiger partial charge on any atom is -0.477 e. The Bertz CT molecular complexity index is 762. The van der Waals surface area contributed by atoms with Crippen molar-refractivity contribution in [2.24, 2.45) is 0 Å². The standard InChI is InChI=1S/C14H12F3NO8/c1-3-25-13(21)6(14(22)26-4-2)5-8(15)7(12(19)20)11(18(23)24)10(17)9(5)16/h6H,3-4H2,1-2H3,(H,19,20). The van der Waals surface area contributed by atoms with Crippen molar-refractivity contribution < 1.29 is 47.1 Å². The van der Waals surface area contributed by atoms with Gasteiger partial charge in [-0.15, -0.1) is 0 Å². The molecule has 0 aliphatic rings. The average molecular weight is 379 g/mol. The number of carboxylic acids is 1. The molecule has 142 valence electrons. The normalized spacial score (nSPS) is 10.5. The molecule has 12 heteroatoms. The molecule has 0 fully saturated rings. The Balaban J connectivity index is 3.87. The zero-order valence-electron chi connectivity index (χ0n) is 13.4. The van der Waals surface area contributed by atoms with Crippen LogP contribution < -0.4 is 0 Å². The van der Waals surface area contributed by atoms with Crippen LogP contribution in [0.1, 0.15) is 35.7 Å². The highest BCUT2D eigenvalue weighted by molar-refractivity contribution is 6.02. The third kappa shape index (κ3) is 3.73. The molecule has 0 aromatic heterocycles. The molecular formula is C14H12F3NO8. The molecule has 0 saturated heterocycles. The molecule has 0 amide bonds. The summed E-state index contributed by atoms with van der Waals surface area (Å²) in [6.45, 7) is 1.93. The number of ether oxygens (including phenoxy) is 2. The fourth-order valence-electron chi connectivity index (χ4n) is 2.07. The van der Waals surface area contributed by atoms with Gasteiger partial charge in [-0.2, -0.15) is 4.39 Å². The van der Waals surface area contributed by atoms with Gasteiger partial charge in [-0.05, 0) is 13.8 Å². The van der Waals surface area contributed by atoms with E-state index in [0.29, 0.717) is 0 Å². The summed E-state index contributed by atoms with van der Waals surface area (Å²) in [4.78, 5) is 44.1. The predicted octanol–water partition coefficient (Wildman–Crippen LogP) is 1.92. The molecule has 0 spiro atoms. The van der Waals surface area contributed by atoms with Crippen molar-refractivity contribution in [1.82, 2.24) is 0 Å². The average Bonchev–Trinajstić information content (AvgIpc) is 2.54. The number of benzene rings is 1. The molecule has 1 aromatic rings. The summed E-state index contributed by atoms with van der Waals surface area (Å²) in [5, 5.41) is 19.7. The van der Waals surface area contributed by atoms with Crippen LogP contribution in [-0.2, 0) is 19.1 Å². The van der Waals surface area contributed by atoms with Crippen LogP contribution in [-0.4, -0.2) is 41.2 Å². The lowest BCUT2D eigenvalue weighted by Gasteiger charge is -2.17. The molecule has 0 aliphatic heterocycles. The van der Waals surface area contributed by atoms with Crippen molar-refractivity contribution in [1.29, 1.82) is 0 Å². The summed E-state index contributed by atoms with van der Waals surface area (Å²) in [5.74, 6) is -14.7. The van der Waals surface area contributed by atoms with Crippen molar-refractivity contribution in [2.45, 2.75) is 19.8 Å². The molecular weight excluding hydrogens is 367 g/mol. The Kier molecular flexibility index (Phi) is 6.64. The smallest absolute Gasteiger partial charge is 0.345 e. The summed E-state index contributed by atoms with van der Waals surface area (Å²) in [7, 11) is 0. The summed E-state index contributed by atoms with van der Waals surface area (Å²) >= 11 is 0. The number of nitrogens with zero attached hydrogens (tertiary/aromatic N) is 1. The SMILES string of the molecule is CCOC(=O)C(C(=O)OCC)c1c(F)c(F)c([N+](=O)[O-])c(C(=O)O)c1F. The van der Waals surface area contributed by atoms with Crippen LogP contribution in [0.3, 0.4) is 0 Å². The second-order valence-corrected chi connectivity index (χ2v) is 4.58. The lowest BCUT2D eigenvalue weighted by molar-refractivity contribution is -0.388. The second kappa shape index (κ2) is 8.27. The molecule has 26 heavy (non-hydrogen) atoms. The Morgan fingerprint density at radius 2 is 1.50 bits per heavy atom. The van der Waals surface area contributed by atoms with Gasteiger partial charge in [0, 0.05) is 0 Å². The van der Waals surface area contributed by atoms with Gasteiger partial charge in [0.05, 0.1) is 23.7 Å². The van der Waals surface area contributed by atoms with Crippen molar-refractivity contribution >= 4 is 23.6 Å². The molecule has 1 N–H and O–H groups in total. The number of rotatable bonds is 7. The Morgan fingerprint density at radius 1 is 1.04 bits per heavy atom. The van der Waals surface area contributed by atoms with Crippen LogP contribution in [0.5, 0.6) is 0 Å². The molecule has 0 heterocycles. The molecule has 0 bridgehead atoms. The molecule has 9 nitrogen and oxygen atoms in total. The zero-order chi connectivity index (χ0) is 20.2. The Morgan fingerprint density at radius 3 is 1.85 bits per heavy atom. The van der Waals surface area contributed by atoms with Gasteiger partial charge in [0.25, 0.3) is 0 Å². The number of carbonyl (C=O) groups excluding carboxylic acids is 2. The summed E-state index contributed by atoms with van der Waals surface area (Å²) < 4.78 is 51.8. The van der Waals surface area contributed by atoms with E-state index in [1.54, 1.807) is 0 Å². The van der Waals surface area contributed by atoms with E-state index in [0.717, 1.165) is 0 Å². The number of nitro benzene ring substituents is 1. The largest absolute Gasteiger partial charge is 0.477 e. The topological polar surface area (TPSA) is 133 Å². The van der Waals surface area contributed by atoms with Crippen LogP contribution >= 0.6 is 0 Å².